The molecule has 2 aromatic heterocycles. The highest BCUT2D eigenvalue weighted by Gasteiger charge is 2.16. The fourth-order valence-corrected chi connectivity index (χ4v) is 3.92. The lowest BCUT2D eigenvalue weighted by Gasteiger charge is -2.10. The van der Waals surface area contributed by atoms with Gasteiger partial charge < -0.3 is 19.3 Å². The van der Waals surface area contributed by atoms with Crippen molar-refractivity contribution in [2.24, 2.45) is 0 Å². The predicted octanol–water partition coefficient (Wildman–Crippen LogP) is 6.55. The van der Waals surface area contributed by atoms with E-state index in [1.807, 2.05) is 31.2 Å². The summed E-state index contributed by atoms with van der Waals surface area (Å²) in [5.41, 5.74) is 4.01. The molecule has 5 rings (SSSR count). The van der Waals surface area contributed by atoms with Crippen LogP contribution in [-0.4, -0.2) is 21.1 Å². The third kappa shape index (κ3) is 4.89. The van der Waals surface area contributed by atoms with Gasteiger partial charge in [-0.05, 0) is 79.3 Å². The summed E-state index contributed by atoms with van der Waals surface area (Å²) in [4.78, 5) is 17.1. The number of aromatic nitrogens is 1. The lowest BCUT2D eigenvalue weighted by atomic mass is 10.1. The molecule has 0 spiro atoms. The Hall–Kier alpha value is -4.14. The standard InChI is InChI=1S/C26H18ClN3O4S/c1-14-5-7-19-23(11-14)34-25(29-19)18-13-17(6-8-20(18)31)28-26(35)30-24(32)22-10-9-21(33-22)15-3-2-4-16(27)12-15/h2-13,31H,1H3,(H2,28,30,32,35). The Morgan fingerprint density at radius 1 is 1.03 bits per heavy atom. The van der Waals surface area contributed by atoms with E-state index >= 15 is 0 Å². The first kappa shape index (κ1) is 22.6. The maximum atomic E-state index is 12.6. The zero-order chi connectivity index (χ0) is 24.5. The van der Waals surface area contributed by atoms with E-state index < -0.39 is 5.91 Å². The molecule has 0 unspecified atom stereocenters. The van der Waals surface area contributed by atoms with Gasteiger partial charge in [0.25, 0.3) is 5.91 Å². The number of nitrogens with one attached hydrogen (secondary N) is 2. The van der Waals surface area contributed by atoms with E-state index in [9.17, 15) is 9.90 Å². The van der Waals surface area contributed by atoms with Gasteiger partial charge in [-0.1, -0.05) is 29.8 Å². The predicted molar refractivity (Wildman–Crippen MR) is 139 cm³/mol. The Labute approximate surface area is 210 Å². The van der Waals surface area contributed by atoms with E-state index in [1.165, 1.54) is 6.07 Å². The molecule has 5 aromatic rings. The van der Waals surface area contributed by atoms with Crippen molar-refractivity contribution in [1.29, 1.82) is 0 Å². The van der Waals surface area contributed by atoms with Gasteiger partial charge >= 0.3 is 0 Å². The normalized spacial score (nSPS) is 10.9. The number of hydrogen-bond acceptors (Lipinski definition) is 6. The summed E-state index contributed by atoms with van der Waals surface area (Å²) >= 11 is 11.3. The number of rotatable bonds is 4. The number of nitrogens with zero attached hydrogens (tertiary/aromatic N) is 1. The average Bonchev–Trinajstić information content (AvgIpc) is 3.47. The largest absolute Gasteiger partial charge is 0.507 e. The van der Waals surface area contributed by atoms with Crippen LogP contribution in [0.4, 0.5) is 5.69 Å². The van der Waals surface area contributed by atoms with Crippen molar-refractivity contribution >= 4 is 51.6 Å². The van der Waals surface area contributed by atoms with Gasteiger partial charge in [0.1, 0.15) is 17.0 Å². The molecule has 0 saturated carbocycles. The number of aryl methyl sites for hydroxylation is 1. The fraction of sp³-hybridized carbons (Fsp3) is 0.0385. The summed E-state index contributed by atoms with van der Waals surface area (Å²) in [5, 5.41) is 16.5. The highest BCUT2D eigenvalue weighted by Crippen LogP contribution is 2.33. The van der Waals surface area contributed by atoms with Crippen LogP contribution >= 0.6 is 23.8 Å². The van der Waals surface area contributed by atoms with Crippen LogP contribution in [-0.2, 0) is 0 Å². The summed E-state index contributed by atoms with van der Waals surface area (Å²) in [5.74, 6) is 0.360. The molecule has 0 saturated heterocycles. The van der Waals surface area contributed by atoms with Crippen LogP contribution in [0.3, 0.4) is 0 Å². The van der Waals surface area contributed by atoms with Crippen LogP contribution in [0.1, 0.15) is 16.1 Å². The number of carbonyl (C=O) groups is 1. The molecule has 35 heavy (non-hydrogen) atoms. The van der Waals surface area contributed by atoms with E-state index in [4.69, 9.17) is 32.7 Å². The number of hydrogen-bond donors (Lipinski definition) is 3. The number of benzene rings is 3. The van der Waals surface area contributed by atoms with E-state index in [0.29, 0.717) is 33.1 Å². The fourth-order valence-electron chi connectivity index (χ4n) is 3.52. The van der Waals surface area contributed by atoms with Crippen molar-refractivity contribution in [3.63, 3.8) is 0 Å². The van der Waals surface area contributed by atoms with Crippen molar-refractivity contribution in [3.8, 4) is 28.5 Å². The van der Waals surface area contributed by atoms with E-state index in [-0.39, 0.29) is 22.5 Å². The number of phenolic OH excluding ortho intramolecular Hbond substituents is 1. The highest BCUT2D eigenvalue weighted by atomic mass is 35.5. The smallest absolute Gasteiger partial charge is 0.293 e. The second-order valence-electron chi connectivity index (χ2n) is 7.80. The quantitative estimate of drug-likeness (QED) is 0.189. The third-order valence-corrected chi connectivity index (χ3v) is 5.63. The zero-order valence-electron chi connectivity index (χ0n) is 18.3. The van der Waals surface area contributed by atoms with Crippen molar-refractivity contribution in [1.82, 2.24) is 10.3 Å². The van der Waals surface area contributed by atoms with Crippen molar-refractivity contribution in [2.75, 3.05) is 5.32 Å². The molecule has 9 heteroatoms. The summed E-state index contributed by atoms with van der Waals surface area (Å²) in [6, 6.07) is 20.8. The minimum absolute atomic E-state index is 0.00193. The van der Waals surface area contributed by atoms with Gasteiger partial charge in [0.15, 0.2) is 16.5 Å². The SMILES string of the molecule is Cc1ccc2nc(-c3cc(NC(=S)NC(=O)c4ccc(-c5cccc(Cl)c5)o4)ccc3O)oc2c1. The molecule has 0 radical (unpaired) electrons. The Morgan fingerprint density at radius 3 is 2.71 bits per heavy atom. The van der Waals surface area contributed by atoms with Crippen LogP contribution in [0.5, 0.6) is 5.75 Å². The Balaban J connectivity index is 1.30. The number of oxazole rings is 1. The Bertz CT molecular complexity index is 1590. The Kier molecular flexibility index (Phi) is 5.98. The molecule has 0 aliphatic rings. The molecule has 0 fully saturated rings. The maximum Gasteiger partial charge on any atom is 0.293 e. The first-order chi connectivity index (χ1) is 16.9. The van der Waals surface area contributed by atoms with Gasteiger partial charge in [-0.15, -0.1) is 0 Å². The first-order valence-corrected chi connectivity index (χ1v) is 11.3. The molecule has 3 aromatic carbocycles. The zero-order valence-corrected chi connectivity index (χ0v) is 19.9. The van der Waals surface area contributed by atoms with E-state index in [0.717, 1.165) is 11.1 Å². The molecule has 0 bridgehead atoms. The second kappa shape index (κ2) is 9.25. The topological polar surface area (TPSA) is 101 Å². The minimum atomic E-state index is -0.510. The molecule has 0 atom stereocenters. The number of phenols is 1. The molecule has 7 nitrogen and oxygen atoms in total. The van der Waals surface area contributed by atoms with Crippen molar-refractivity contribution < 1.29 is 18.7 Å². The molecule has 174 valence electrons. The van der Waals surface area contributed by atoms with Crippen molar-refractivity contribution in [3.05, 3.63) is 89.1 Å². The number of aromatic hydroxyl groups is 1. The average molecular weight is 504 g/mol. The summed E-state index contributed by atoms with van der Waals surface area (Å²) < 4.78 is 11.5. The number of halogens is 1. The molecule has 1 amide bonds. The lowest BCUT2D eigenvalue weighted by molar-refractivity contribution is 0.0951. The minimum Gasteiger partial charge on any atom is -0.507 e. The first-order valence-electron chi connectivity index (χ1n) is 10.5. The molecule has 0 aliphatic heterocycles. The number of thiocarbonyl (C=S) groups is 1. The number of fused-ring (bicyclic) bond motifs is 1. The number of anilines is 1. The molecular weight excluding hydrogens is 486 g/mol. The molecule has 3 N–H and O–H groups in total. The van der Waals surface area contributed by atoms with Crippen LogP contribution in [0.15, 0.2) is 81.6 Å². The lowest BCUT2D eigenvalue weighted by Crippen LogP contribution is -2.33. The summed E-state index contributed by atoms with van der Waals surface area (Å²) in [6.45, 7) is 1.96. The molecular formula is C26H18ClN3O4S. The monoisotopic (exact) mass is 503 g/mol. The van der Waals surface area contributed by atoms with E-state index in [1.54, 1.807) is 42.5 Å². The number of furan rings is 1. The van der Waals surface area contributed by atoms with Crippen LogP contribution in [0.25, 0.3) is 33.9 Å². The maximum absolute atomic E-state index is 12.6. The van der Waals surface area contributed by atoms with Crippen molar-refractivity contribution in [2.45, 2.75) is 6.92 Å². The van der Waals surface area contributed by atoms with Gasteiger partial charge in [0, 0.05) is 16.3 Å². The summed E-state index contributed by atoms with van der Waals surface area (Å²) in [7, 11) is 0. The number of carbonyl (C=O) groups excluding carboxylic acids is 1. The number of amides is 1. The van der Waals surface area contributed by atoms with Gasteiger partial charge in [-0.25, -0.2) is 4.98 Å². The van der Waals surface area contributed by atoms with E-state index in [2.05, 4.69) is 15.6 Å². The molecule has 0 aliphatic carbocycles. The Morgan fingerprint density at radius 2 is 1.89 bits per heavy atom. The van der Waals surface area contributed by atoms with Gasteiger partial charge in [0.05, 0.1) is 5.56 Å². The van der Waals surface area contributed by atoms with Gasteiger partial charge in [-0.2, -0.15) is 0 Å². The molecule has 2 heterocycles. The second-order valence-corrected chi connectivity index (χ2v) is 8.65. The van der Waals surface area contributed by atoms with Crippen LogP contribution in [0, 0.1) is 6.92 Å². The summed E-state index contributed by atoms with van der Waals surface area (Å²) in [6.07, 6.45) is 0. The van der Waals surface area contributed by atoms with Crippen LogP contribution in [0.2, 0.25) is 5.02 Å². The van der Waals surface area contributed by atoms with Gasteiger partial charge in [-0.3, -0.25) is 10.1 Å². The third-order valence-electron chi connectivity index (χ3n) is 5.19. The van der Waals surface area contributed by atoms with Crippen LogP contribution < -0.4 is 10.6 Å². The van der Waals surface area contributed by atoms with Gasteiger partial charge in [0.2, 0.25) is 5.89 Å². The highest BCUT2D eigenvalue weighted by molar-refractivity contribution is 7.80.